The molecular formula is C26H40N8O2. The molecule has 0 radical (unpaired) electrons. The summed E-state index contributed by atoms with van der Waals surface area (Å²) in [7, 11) is 7.96. The van der Waals surface area contributed by atoms with Crippen molar-refractivity contribution < 1.29 is 9.84 Å². The fourth-order valence-electron chi connectivity index (χ4n) is 4.09. The minimum atomic E-state index is 0.232. The molecule has 196 valence electrons. The van der Waals surface area contributed by atoms with Crippen LogP contribution in [0.25, 0.3) is 0 Å². The van der Waals surface area contributed by atoms with Gasteiger partial charge in [0.05, 0.1) is 32.0 Å². The second-order valence-electron chi connectivity index (χ2n) is 9.48. The van der Waals surface area contributed by atoms with Crippen LogP contribution in [-0.2, 0) is 11.3 Å². The number of amidine groups is 1. The summed E-state index contributed by atoms with van der Waals surface area (Å²) < 4.78 is 5.59. The number of allylic oxidation sites excluding steroid dienone is 1. The SMILES string of the molecule is CN(C)C/C(N)=C/N(N)CC1=CN=C(/C(=N\Cc2cccc(O)c2)N2CCOCC2)C(N(C)C)=CC1. The molecule has 1 aromatic carbocycles. The summed E-state index contributed by atoms with van der Waals surface area (Å²) in [6, 6.07) is 7.19. The van der Waals surface area contributed by atoms with Crippen molar-refractivity contribution in [3.8, 4) is 5.75 Å². The lowest BCUT2D eigenvalue weighted by Crippen LogP contribution is -2.45. The molecule has 36 heavy (non-hydrogen) atoms. The maximum atomic E-state index is 9.88. The number of hydrogen-bond acceptors (Lipinski definition) is 9. The van der Waals surface area contributed by atoms with Gasteiger partial charge < -0.3 is 35.3 Å². The van der Waals surface area contributed by atoms with E-state index in [9.17, 15) is 5.11 Å². The van der Waals surface area contributed by atoms with Gasteiger partial charge in [-0.25, -0.2) is 5.84 Å². The number of phenolic OH excluding ortho intramolecular Hbond substituents is 1. The molecule has 0 spiro atoms. The number of hydrogen-bond donors (Lipinski definition) is 3. The number of rotatable bonds is 9. The Bertz CT molecular complexity index is 1040. The van der Waals surface area contributed by atoms with E-state index in [0.29, 0.717) is 45.0 Å². The van der Waals surface area contributed by atoms with Gasteiger partial charge >= 0.3 is 0 Å². The number of morpholine rings is 1. The number of likely N-dealkylation sites (N-methyl/N-ethyl adjacent to an activating group) is 1. The number of ether oxygens (including phenoxy) is 1. The molecule has 0 atom stereocenters. The average molecular weight is 497 g/mol. The van der Waals surface area contributed by atoms with Crippen molar-refractivity contribution in [2.24, 2.45) is 21.6 Å². The first-order valence-corrected chi connectivity index (χ1v) is 12.1. The molecule has 1 aromatic rings. The summed E-state index contributed by atoms with van der Waals surface area (Å²) in [6.45, 7) is 4.34. The molecule has 3 rings (SSSR count). The highest BCUT2D eigenvalue weighted by molar-refractivity contribution is 6.47. The van der Waals surface area contributed by atoms with Gasteiger partial charge in [0.2, 0.25) is 0 Å². The van der Waals surface area contributed by atoms with E-state index in [1.807, 2.05) is 51.4 Å². The lowest BCUT2D eigenvalue weighted by molar-refractivity contribution is 0.0687. The zero-order chi connectivity index (χ0) is 26.1. The Hall–Kier alpha value is -3.34. The normalized spacial score (nSPS) is 17.4. The van der Waals surface area contributed by atoms with Crippen molar-refractivity contribution in [2.45, 2.75) is 13.0 Å². The Kier molecular flexibility index (Phi) is 9.92. The molecule has 1 saturated heterocycles. The van der Waals surface area contributed by atoms with Gasteiger partial charge in [-0.15, -0.1) is 0 Å². The molecule has 2 aliphatic heterocycles. The molecule has 5 N–H and O–H groups in total. The predicted octanol–water partition coefficient (Wildman–Crippen LogP) is 1.33. The lowest BCUT2D eigenvalue weighted by Gasteiger charge is -2.32. The molecule has 2 heterocycles. The fraction of sp³-hybridized carbons (Fsp3) is 0.462. The van der Waals surface area contributed by atoms with Crippen LogP contribution >= 0.6 is 0 Å². The van der Waals surface area contributed by atoms with E-state index in [0.717, 1.165) is 41.5 Å². The number of aromatic hydroxyl groups is 1. The van der Waals surface area contributed by atoms with Crippen molar-refractivity contribution in [2.75, 3.05) is 67.6 Å². The summed E-state index contributed by atoms with van der Waals surface area (Å²) in [5, 5.41) is 11.5. The van der Waals surface area contributed by atoms with E-state index in [1.54, 1.807) is 23.3 Å². The summed E-state index contributed by atoms with van der Waals surface area (Å²) in [5.74, 6) is 7.28. The molecule has 0 aromatic heterocycles. The van der Waals surface area contributed by atoms with E-state index < -0.39 is 0 Å². The highest BCUT2D eigenvalue weighted by atomic mass is 16.5. The Morgan fingerprint density at radius 3 is 2.64 bits per heavy atom. The van der Waals surface area contributed by atoms with Gasteiger partial charge in [-0.05, 0) is 43.8 Å². The van der Waals surface area contributed by atoms with Crippen LogP contribution in [0.15, 0.2) is 69.7 Å². The molecular weight excluding hydrogens is 456 g/mol. The number of benzene rings is 1. The predicted molar refractivity (Wildman–Crippen MR) is 145 cm³/mol. The molecule has 10 heteroatoms. The minimum Gasteiger partial charge on any atom is -0.508 e. The molecule has 10 nitrogen and oxygen atoms in total. The number of phenols is 1. The standard InChI is InChI=1S/C26H40N8O2/c1-31(2)18-22(27)19-34(28)17-21-8-9-24(32(3)4)25(29-16-21)26(33-10-12-36-13-11-33)30-15-20-6-5-7-23(35)14-20/h5-7,9,14,16,19,35H,8,10-13,15,17-18,27-28H2,1-4H3/b22-19-,30-26+. The highest BCUT2D eigenvalue weighted by Crippen LogP contribution is 2.19. The first-order chi connectivity index (χ1) is 17.2. The topological polar surface area (TPSA) is 119 Å². The summed E-state index contributed by atoms with van der Waals surface area (Å²) in [5.41, 5.74) is 10.6. The number of hydrazine groups is 1. The second kappa shape index (κ2) is 13.1. The van der Waals surface area contributed by atoms with E-state index in [1.165, 1.54) is 0 Å². The molecule has 1 fully saturated rings. The third-order valence-corrected chi connectivity index (χ3v) is 5.72. The fourth-order valence-corrected chi connectivity index (χ4v) is 4.09. The van der Waals surface area contributed by atoms with Crippen LogP contribution < -0.4 is 11.6 Å². The quantitative estimate of drug-likeness (QED) is 0.203. The van der Waals surface area contributed by atoms with Gasteiger partial charge in [-0.3, -0.25) is 9.98 Å². The Balaban J connectivity index is 1.91. The number of aliphatic imine (C=N–C) groups is 2. The van der Waals surface area contributed by atoms with Gasteiger partial charge in [0.15, 0.2) is 5.84 Å². The van der Waals surface area contributed by atoms with Gasteiger partial charge in [0.25, 0.3) is 0 Å². The maximum absolute atomic E-state index is 9.88. The van der Waals surface area contributed by atoms with E-state index >= 15 is 0 Å². The molecule has 0 saturated carbocycles. The molecule has 0 bridgehead atoms. The first-order valence-electron chi connectivity index (χ1n) is 12.1. The zero-order valence-corrected chi connectivity index (χ0v) is 21.9. The van der Waals surface area contributed by atoms with Crippen LogP contribution in [0.3, 0.4) is 0 Å². The smallest absolute Gasteiger partial charge is 0.152 e. The number of nitrogens with zero attached hydrogens (tertiary/aromatic N) is 6. The van der Waals surface area contributed by atoms with E-state index in [2.05, 4.69) is 15.9 Å². The van der Waals surface area contributed by atoms with Crippen molar-refractivity contribution in [3.63, 3.8) is 0 Å². The monoisotopic (exact) mass is 496 g/mol. The molecule has 0 unspecified atom stereocenters. The van der Waals surface area contributed by atoms with Crippen molar-refractivity contribution in [1.82, 2.24) is 19.7 Å². The van der Waals surface area contributed by atoms with Gasteiger partial charge in [0, 0.05) is 51.8 Å². The van der Waals surface area contributed by atoms with Crippen LogP contribution in [0.1, 0.15) is 12.0 Å². The van der Waals surface area contributed by atoms with Gasteiger partial charge in [0.1, 0.15) is 11.5 Å². The van der Waals surface area contributed by atoms with Crippen molar-refractivity contribution in [1.29, 1.82) is 0 Å². The Morgan fingerprint density at radius 2 is 1.97 bits per heavy atom. The van der Waals surface area contributed by atoms with Crippen LogP contribution in [0.5, 0.6) is 5.75 Å². The Labute approximate surface area is 214 Å². The minimum absolute atomic E-state index is 0.232. The molecule has 0 aliphatic carbocycles. The Morgan fingerprint density at radius 1 is 1.22 bits per heavy atom. The summed E-state index contributed by atoms with van der Waals surface area (Å²) in [6.07, 6.45) is 6.53. The number of nitrogens with two attached hydrogens (primary N) is 2. The second-order valence-corrected chi connectivity index (χ2v) is 9.48. The van der Waals surface area contributed by atoms with E-state index in [-0.39, 0.29) is 5.75 Å². The lowest BCUT2D eigenvalue weighted by atomic mass is 10.1. The summed E-state index contributed by atoms with van der Waals surface area (Å²) in [4.78, 5) is 16.2. The van der Waals surface area contributed by atoms with Gasteiger partial charge in [-0.2, -0.15) is 0 Å². The molecule has 2 aliphatic rings. The van der Waals surface area contributed by atoms with Crippen LogP contribution in [0.2, 0.25) is 0 Å². The highest BCUT2D eigenvalue weighted by Gasteiger charge is 2.25. The maximum Gasteiger partial charge on any atom is 0.152 e. The van der Waals surface area contributed by atoms with Crippen LogP contribution in [-0.4, -0.2) is 104 Å². The van der Waals surface area contributed by atoms with Crippen molar-refractivity contribution in [3.05, 3.63) is 65.3 Å². The average Bonchev–Trinajstić information content (AvgIpc) is 3.02. The molecule has 0 amide bonds. The van der Waals surface area contributed by atoms with Crippen molar-refractivity contribution >= 4 is 11.5 Å². The van der Waals surface area contributed by atoms with Gasteiger partial charge in [-0.1, -0.05) is 18.2 Å². The summed E-state index contributed by atoms with van der Waals surface area (Å²) >= 11 is 0. The van der Waals surface area contributed by atoms with Crippen LogP contribution in [0, 0.1) is 0 Å². The van der Waals surface area contributed by atoms with E-state index in [4.69, 9.17) is 26.3 Å². The third-order valence-electron chi connectivity index (χ3n) is 5.72. The zero-order valence-electron chi connectivity index (χ0n) is 21.9. The van der Waals surface area contributed by atoms with Crippen LogP contribution in [0.4, 0.5) is 0 Å². The third kappa shape index (κ3) is 8.11. The largest absolute Gasteiger partial charge is 0.508 e. The first kappa shape index (κ1) is 27.3.